The largest absolute Gasteiger partial charge is 0.122 e. The summed E-state index contributed by atoms with van der Waals surface area (Å²) in [6.07, 6.45) is 1.95. The Bertz CT molecular complexity index is 354. The van der Waals surface area contributed by atoms with Crippen molar-refractivity contribution in [3.05, 3.63) is 30.3 Å². The summed E-state index contributed by atoms with van der Waals surface area (Å²) >= 11 is 3.85. The maximum Gasteiger partial charge on any atom is 0.0283 e. The highest BCUT2D eigenvalue weighted by molar-refractivity contribution is 8.02. The van der Waals surface area contributed by atoms with Gasteiger partial charge in [-0.15, -0.1) is 23.5 Å². The van der Waals surface area contributed by atoms with E-state index in [1.165, 1.54) is 15.4 Å². The van der Waals surface area contributed by atoms with Crippen molar-refractivity contribution in [1.82, 2.24) is 0 Å². The molecule has 0 aliphatic heterocycles. The van der Waals surface area contributed by atoms with E-state index in [9.17, 15) is 0 Å². The van der Waals surface area contributed by atoms with E-state index in [2.05, 4.69) is 52.5 Å². The molecule has 0 nitrogen and oxygen atoms in total. The van der Waals surface area contributed by atoms with E-state index < -0.39 is 0 Å². The second kappa shape index (κ2) is 6.41. The third-order valence-corrected chi connectivity index (χ3v) is 4.30. The molecule has 0 aliphatic rings. The van der Waals surface area contributed by atoms with Crippen molar-refractivity contribution in [1.29, 1.82) is 0 Å². The summed E-state index contributed by atoms with van der Waals surface area (Å²) in [7, 11) is 0. The van der Waals surface area contributed by atoms with Crippen LogP contribution in [0.15, 0.2) is 34.6 Å². The molecule has 88 valence electrons. The van der Waals surface area contributed by atoms with Gasteiger partial charge in [0.2, 0.25) is 0 Å². The van der Waals surface area contributed by atoms with Crippen LogP contribution in [0.4, 0.5) is 0 Å². The lowest BCUT2D eigenvalue weighted by molar-refractivity contribution is 1.08. The normalized spacial score (nSPS) is 11.1. The average Bonchev–Trinajstić information content (AvgIpc) is 2.19. The average molecular weight is 252 g/mol. The van der Waals surface area contributed by atoms with Crippen LogP contribution in [0.5, 0.6) is 0 Å². The summed E-state index contributed by atoms with van der Waals surface area (Å²) in [6.45, 7) is 12.8. The van der Waals surface area contributed by atoms with Gasteiger partial charge in [-0.1, -0.05) is 52.5 Å². The smallest absolute Gasteiger partial charge is 0.0283 e. The second-order valence-electron chi connectivity index (χ2n) is 4.21. The molecule has 0 aliphatic carbocycles. The van der Waals surface area contributed by atoms with Crippen LogP contribution in [0, 0.1) is 0 Å². The van der Waals surface area contributed by atoms with Crippen LogP contribution < -0.4 is 0 Å². The Morgan fingerprint density at radius 3 is 2.19 bits per heavy atom. The van der Waals surface area contributed by atoms with Gasteiger partial charge in [-0.05, 0) is 11.6 Å². The molecule has 1 aromatic rings. The molecule has 0 aromatic heterocycles. The van der Waals surface area contributed by atoms with Gasteiger partial charge in [-0.3, -0.25) is 0 Å². The summed E-state index contributed by atoms with van der Waals surface area (Å²) < 4.78 is 0. The van der Waals surface area contributed by atoms with Crippen LogP contribution in [0.25, 0.3) is 6.08 Å². The van der Waals surface area contributed by atoms with Crippen molar-refractivity contribution in [2.45, 2.75) is 48.0 Å². The predicted molar refractivity (Wildman–Crippen MR) is 78.5 cm³/mol. The molecule has 16 heavy (non-hydrogen) atoms. The number of hydrogen-bond donors (Lipinski definition) is 0. The summed E-state index contributed by atoms with van der Waals surface area (Å²) in [6, 6.07) is 6.47. The van der Waals surface area contributed by atoms with E-state index >= 15 is 0 Å². The molecule has 0 saturated carbocycles. The summed E-state index contributed by atoms with van der Waals surface area (Å²) in [5, 5.41) is 1.22. The number of thioether (sulfide) groups is 2. The standard InChI is InChI=1S/C14H20S2/c1-6-12-8-7-9-13(15-10(2)3)14(12)16-11(4)5/h6-11H,1H2,2-5H3. The Kier molecular flexibility index (Phi) is 5.50. The first kappa shape index (κ1) is 13.7. The zero-order chi connectivity index (χ0) is 12.1. The van der Waals surface area contributed by atoms with Gasteiger partial charge in [0.15, 0.2) is 0 Å². The van der Waals surface area contributed by atoms with Crippen molar-refractivity contribution in [2.75, 3.05) is 0 Å². The van der Waals surface area contributed by atoms with E-state index in [-0.39, 0.29) is 0 Å². The molecule has 0 heterocycles. The number of rotatable bonds is 5. The Hall–Kier alpha value is -0.340. The van der Waals surface area contributed by atoms with Crippen LogP contribution in [0.2, 0.25) is 0 Å². The Morgan fingerprint density at radius 1 is 1.06 bits per heavy atom. The van der Waals surface area contributed by atoms with Crippen LogP contribution in [-0.2, 0) is 0 Å². The van der Waals surface area contributed by atoms with Crippen molar-refractivity contribution in [3.63, 3.8) is 0 Å². The van der Waals surface area contributed by atoms with Gasteiger partial charge in [0.05, 0.1) is 0 Å². The molecule has 1 aromatic carbocycles. The molecule has 0 saturated heterocycles. The van der Waals surface area contributed by atoms with Gasteiger partial charge in [0, 0.05) is 20.3 Å². The monoisotopic (exact) mass is 252 g/mol. The lowest BCUT2D eigenvalue weighted by Gasteiger charge is -2.15. The maximum absolute atomic E-state index is 3.90. The van der Waals surface area contributed by atoms with Crippen molar-refractivity contribution < 1.29 is 0 Å². The minimum absolute atomic E-state index is 0.604. The van der Waals surface area contributed by atoms with Crippen LogP contribution >= 0.6 is 23.5 Å². The first-order valence-electron chi connectivity index (χ1n) is 5.63. The van der Waals surface area contributed by atoms with Gasteiger partial charge in [0.25, 0.3) is 0 Å². The summed E-state index contributed by atoms with van der Waals surface area (Å²) in [5.74, 6) is 0. The molecule has 1 rings (SSSR count). The Morgan fingerprint density at radius 2 is 1.69 bits per heavy atom. The fourth-order valence-electron chi connectivity index (χ4n) is 1.40. The number of benzene rings is 1. The lowest BCUT2D eigenvalue weighted by Crippen LogP contribution is -1.94. The van der Waals surface area contributed by atoms with Crippen LogP contribution in [0.1, 0.15) is 33.3 Å². The van der Waals surface area contributed by atoms with Gasteiger partial charge in [-0.2, -0.15) is 0 Å². The van der Waals surface area contributed by atoms with Gasteiger partial charge >= 0.3 is 0 Å². The molecule has 0 bridgehead atoms. The second-order valence-corrected chi connectivity index (χ2v) is 7.42. The quantitative estimate of drug-likeness (QED) is 0.650. The molecule has 0 unspecified atom stereocenters. The zero-order valence-corrected chi connectivity index (χ0v) is 12.1. The predicted octanol–water partition coefficient (Wildman–Crippen LogP) is 5.33. The molecule has 0 spiro atoms. The summed E-state index contributed by atoms with van der Waals surface area (Å²) in [4.78, 5) is 2.76. The first-order chi connectivity index (χ1) is 7.54. The van der Waals surface area contributed by atoms with Gasteiger partial charge in [-0.25, -0.2) is 0 Å². The molecule has 0 N–H and O–H groups in total. The molecule has 0 fully saturated rings. The molecule has 0 amide bonds. The van der Waals surface area contributed by atoms with E-state index in [4.69, 9.17) is 0 Å². The summed E-state index contributed by atoms with van der Waals surface area (Å²) in [5.41, 5.74) is 1.25. The molecule has 2 heteroatoms. The maximum atomic E-state index is 3.90. The van der Waals surface area contributed by atoms with E-state index in [1.54, 1.807) is 0 Å². The Labute approximate surface area is 108 Å². The highest BCUT2D eigenvalue weighted by atomic mass is 32.2. The molecular formula is C14H20S2. The minimum atomic E-state index is 0.604. The van der Waals surface area contributed by atoms with E-state index in [0.29, 0.717) is 10.5 Å². The van der Waals surface area contributed by atoms with Crippen LogP contribution in [0.3, 0.4) is 0 Å². The minimum Gasteiger partial charge on any atom is -0.122 e. The third kappa shape index (κ3) is 3.91. The highest BCUT2D eigenvalue weighted by Crippen LogP contribution is 2.37. The third-order valence-electron chi connectivity index (χ3n) is 1.95. The van der Waals surface area contributed by atoms with E-state index in [1.807, 2.05) is 29.6 Å². The van der Waals surface area contributed by atoms with Gasteiger partial charge in [0.1, 0.15) is 0 Å². The SMILES string of the molecule is C=Cc1cccc(SC(C)C)c1SC(C)C. The molecule has 0 atom stereocenters. The molecular weight excluding hydrogens is 232 g/mol. The Balaban J connectivity index is 3.09. The molecule has 0 radical (unpaired) electrons. The topological polar surface area (TPSA) is 0 Å². The fraction of sp³-hybridized carbons (Fsp3) is 0.429. The van der Waals surface area contributed by atoms with E-state index in [0.717, 1.165) is 0 Å². The lowest BCUT2D eigenvalue weighted by atomic mass is 10.2. The van der Waals surface area contributed by atoms with Crippen LogP contribution in [-0.4, -0.2) is 10.5 Å². The van der Waals surface area contributed by atoms with Gasteiger partial charge < -0.3 is 0 Å². The highest BCUT2D eigenvalue weighted by Gasteiger charge is 2.10. The van der Waals surface area contributed by atoms with Crippen molar-refractivity contribution >= 4 is 29.6 Å². The first-order valence-corrected chi connectivity index (χ1v) is 7.39. The van der Waals surface area contributed by atoms with Crippen molar-refractivity contribution in [2.24, 2.45) is 0 Å². The number of hydrogen-bond acceptors (Lipinski definition) is 2. The van der Waals surface area contributed by atoms with Crippen molar-refractivity contribution in [3.8, 4) is 0 Å². The fourth-order valence-corrected chi connectivity index (χ4v) is 3.52. The zero-order valence-electron chi connectivity index (χ0n) is 10.5.